The number of hydrogen-bond donors (Lipinski definition) is 0. The van der Waals surface area contributed by atoms with Crippen molar-refractivity contribution in [2.75, 3.05) is 13.1 Å². The van der Waals surface area contributed by atoms with E-state index in [1.54, 1.807) is 0 Å². The second-order valence-electron chi connectivity index (χ2n) is 9.68. The van der Waals surface area contributed by atoms with Gasteiger partial charge >= 0.3 is 0 Å². The Morgan fingerprint density at radius 3 is 1.15 bits per heavy atom. The highest BCUT2D eigenvalue weighted by atomic mass is 16.0. The van der Waals surface area contributed by atoms with Crippen molar-refractivity contribution in [3.8, 4) is 0 Å². The molecule has 0 saturated heterocycles. The van der Waals surface area contributed by atoms with Crippen molar-refractivity contribution in [2.45, 2.75) is 110 Å². The van der Waals surface area contributed by atoms with Crippen LogP contribution in [0.2, 0.25) is 0 Å². The third-order valence-corrected chi connectivity index (χ3v) is 7.00. The van der Waals surface area contributed by atoms with E-state index in [4.69, 9.17) is 0 Å². The van der Waals surface area contributed by atoms with Crippen molar-refractivity contribution in [3.05, 3.63) is 60.7 Å². The molecule has 0 unspecified atom stereocenters. The molecule has 0 aliphatic heterocycles. The van der Waals surface area contributed by atoms with Crippen LogP contribution in [0.5, 0.6) is 0 Å². The van der Waals surface area contributed by atoms with Crippen LogP contribution in [0.25, 0.3) is 0 Å². The van der Waals surface area contributed by atoms with E-state index in [9.17, 15) is 0 Å². The molecule has 0 atom stereocenters. The molecule has 0 fully saturated rings. The number of quaternary nitrogens is 1. The van der Waals surface area contributed by atoms with E-state index in [1.807, 2.05) is 0 Å². The molecule has 2 aromatic carbocycles. The summed E-state index contributed by atoms with van der Waals surface area (Å²) in [5, 5.41) is 0. The van der Waals surface area contributed by atoms with Gasteiger partial charge in [0.2, 0.25) is 0 Å². The quantitative estimate of drug-likeness (QED) is 0.154. The summed E-state index contributed by atoms with van der Waals surface area (Å²) in [6.45, 7) is 7.00. The van der Waals surface area contributed by atoms with Gasteiger partial charge in [0, 0.05) is 0 Å². The Morgan fingerprint density at radius 1 is 0.424 bits per heavy atom. The van der Waals surface area contributed by atoms with Gasteiger partial charge in [0.05, 0.1) is 13.1 Å². The van der Waals surface area contributed by atoms with Crippen LogP contribution in [-0.4, -0.2) is 18.6 Å². The number of hydrogen-bond acceptors (Lipinski definition) is 1. The Morgan fingerprint density at radius 2 is 0.788 bits per heavy atom. The first-order valence-electron chi connectivity index (χ1n) is 13.8. The molecule has 186 valence electrons. The van der Waals surface area contributed by atoms with Crippen molar-refractivity contribution in [2.24, 2.45) is 0 Å². The van der Waals surface area contributed by atoms with Crippen LogP contribution >= 0.6 is 0 Å². The van der Waals surface area contributed by atoms with Gasteiger partial charge in [-0.1, -0.05) is 127 Å². The summed E-state index contributed by atoms with van der Waals surface area (Å²) in [4.78, 5) is 0. The highest BCUT2D eigenvalue weighted by Crippen LogP contribution is 2.35. The fourth-order valence-corrected chi connectivity index (χ4v) is 5.16. The predicted molar refractivity (Wildman–Crippen MR) is 147 cm³/mol. The molecule has 0 amide bonds. The van der Waals surface area contributed by atoms with Crippen molar-refractivity contribution in [3.63, 3.8) is 0 Å². The van der Waals surface area contributed by atoms with E-state index < -0.39 is 0 Å². The van der Waals surface area contributed by atoms with Crippen molar-refractivity contribution >= 4 is 11.4 Å². The molecule has 1 N–H and O–H groups in total. The lowest BCUT2D eigenvalue weighted by atomic mass is 10.0. The average molecular weight is 454 g/mol. The zero-order valence-corrected chi connectivity index (χ0v) is 21.7. The van der Waals surface area contributed by atoms with Crippen LogP contribution < -0.4 is 4.48 Å². The largest absolute Gasteiger partial charge is 0.870 e. The Balaban J connectivity index is 0.00000544. The van der Waals surface area contributed by atoms with Crippen LogP contribution in [-0.2, 0) is 0 Å². The summed E-state index contributed by atoms with van der Waals surface area (Å²) in [7, 11) is 0. The van der Waals surface area contributed by atoms with E-state index >= 15 is 0 Å². The van der Waals surface area contributed by atoms with Gasteiger partial charge in [-0.2, -0.15) is 0 Å². The summed E-state index contributed by atoms with van der Waals surface area (Å²) >= 11 is 0. The fourth-order valence-electron chi connectivity index (χ4n) is 5.16. The van der Waals surface area contributed by atoms with Gasteiger partial charge in [-0.05, 0) is 43.5 Å². The third-order valence-electron chi connectivity index (χ3n) is 7.00. The van der Waals surface area contributed by atoms with Crippen LogP contribution in [0.3, 0.4) is 0 Å². The molecule has 0 aliphatic carbocycles. The number of nitrogens with zero attached hydrogens (tertiary/aromatic N) is 1. The standard InChI is InChI=1S/C31H50N.H2O/c1-3-5-6-7-8-9-10-11-12-13-14-15-16-23-29-32(28-4-2,30-24-19-17-20-25-30)31-26-21-18-22-27-31;/h17-22,24-27H,3-16,23,28-29H2,1-2H3;1H2/q+1;/p-1. The third kappa shape index (κ3) is 10.9. The molecule has 0 spiro atoms. The van der Waals surface area contributed by atoms with Gasteiger partial charge in [-0.25, -0.2) is 0 Å². The Kier molecular flexibility index (Phi) is 16.7. The second kappa shape index (κ2) is 18.7. The van der Waals surface area contributed by atoms with Gasteiger partial charge in [-0.15, -0.1) is 0 Å². The molecular weight excluding hydrogens is 402 g/mol. The predicted octanol–water partition coefficient (Wildman–Crippen LogP) is 10.0. The second-order valence-corrected chi connectivity index (χ2v) is 9.68. The summed E-state index contributed by atoms with van der Waals surface area (Å²) in [5.41, 5.74) is 2.88. The molecule has 0 aliphatic rings. The van der Waals surface area contributed by atoms with E-state index in [-0.39, 0.29) is 5.48 Å². The Bertz CT molecular complexity index is 630. The van der Waals surface area contributed by atoms with Crippen molar-refractivity contribution in [1.29, 1.82) is 0 Å². The highest BCUT2D eigenvalue weighted by Gasteiger charge is 2.31. The van der Waals surface area contributed by atoms with Gasteiger partial charge < -0.3 is 5.48 Å². The maximum absolute atomic E-state index is 2.33. The van der Waals surface area contributed by atoms with Crippen LogP contribution in [0.15, 0.2) is 60.7 Å². The Hall–Kier alpha value is -1.64. The normalized spacial score (nSPS) is 11.3. The van der Waals surface area contributed by atoms with E-state index in [0.29, 0.717) is 0 Å². The smallest absolute Gasteiger partial charge is 0.137 e. The molecule has 2 aromatic rings. The van der Waals surface area contributed by atoms with E-state index in [0.717, 1.165) is 4.48 Å². The molecule has 0 aromatic heterocycles. The maximum atomic E-state index is 2.33. The molecule has 2 heteroatoms. The lowest BCUT2D eigenvalue weighted by Gasteiger charge is -2.38. The molecule has 0 saturated carbocycles. The molecule has 33 heavy (non-hydrogen) atoms. The summed E-state index contributed by atoms with van der Waals surface area (Å²) in [5.74, 6) is 0. The zero-order chi connectivity index (χ0) is 22.7. The Labute approximate surface area is 205 Å². The summed E-state index contributed by atoms with van der Waals surface area (Å²) in [6, 6.07) is 22.4. The van der Waals surface area contributed by atoms with Gasteiger partial charge in [-0.3, -0.25) is 4.48 Å². The number of rotatable bonds is 19. The number of benzene rings is 2. The minimum atomic E-state index is 0. The van der Waals surface area contributed by atoms with Gasteiger partial charge in [0.25, 0.3) is 0 Å². The van der Waals surface area contributed by atoms with Crippen LogP contribution in [0.1, 0.15) is 110 Å². The molecule has 0 heterocycles. The molecular formula is C31H51NO. The van der Waals surface area contributed by atoms with Gasteiger partial charge in [0.1, 0.15) is 11.4 Å². The van der Waals surface area contributed by atoms with Crippen LogP contribution in [0, 0.1) is 0 Å². The monoisotopic (exact) mass is 453 g/mol. The molecule has 2 rings (SSSR count). The molecule has 0 bridgehead atoms. The highest BCUT2D eigenvalue weighted by molar-refractivity contribution is 5.58. The minimum absolute atomic E-state index is 0. The lowest BCUT2D eigenvalue weighted by Crippen LogP contribution is -2.45. The van der Waals surface area contributed by atoms with Gasteiger partial charge in [0.15, 0.2) is 0 Å². The molecule has 2 nitrogen and oxygen atoms in total. The fraction of sp³-hybridized carbons (Fsp3) is 0.613. The van der Waals surface area contributed by atoms with E-state index in [2.05, 4.69) is 74.5 Å². The summed E-state index contributed by atoms with van der Waals surface area (Å²) < 4.78 is 0.996. The molecule has 0 radical (unpaired) electrons. The zero-order valence-electron chi connectivity index (χ0n) is 21.7. The minimum Gasteiger partial charge on any atom is -0.870 e. The summed E-state index contributed by atoms with van der Waals surface area (Å²) in [6.07, 6.45) is 21.1. The van der Waals surface area contributed by atoms with Crippen LogP contribution in [0.4, 0.5) is 11.4 Å². The van der Waals surface area contributed by atoms with Crippen molar-refractivity contribution in [1.82, 2.24) is 4.48 Å². The topological polar surface area (TPSA) is 30.0 Å². The first kappa shape index (κ1) is 29.4. The first-order chi connectivity index (χ1) is 15.8. The SMILES string of the molecule is CCCCCCCCCCCCCCCC[N+](CCC)(c1ccccc1)c1ccccc1.[OH-]. The van der Waals surface area contributed by atoms with Crippen molar-refractivity contribution < 1.29 is 5.48 Å². The average Bonchev–Trinajstić information content (AvgIpc) is 2.84. The first-order valence-corrected chi connectivity index (χ1v) is 13.8. The van der Waals surface area contributed by atoms with E-state index in [1.165, 1.54) is 121 Å². The maximum Gasteiger partial charge on any atom is 0.137 e. The number of unbranched alkanes of at least 4 members (excludes halogenated alkanes) is 13. The number of para-hydroxylation sites is 2. The lowest BCUT2D eigenvalue weighted by molar-refractivity contribution is 0.365.